The van der Waals surface area contributed by atoms with Gasteiger partial charge in [-0.05, 0) is 68.1 Å². The summed E-state index contributed by atoms with van der Waals surface area (Å²) in [5.74, 6) is 1.12. The molecule has 126 valence electrons. The zero-order valence-electron chi connectivity index (χ0n) is 14.7. The van der Waals surface area contributed by atoms with Gasteiger partial charge in [0.25, 0.3) is 0 Å². The maximum absolute atomic E-state index is 11.9. The second kappa shape index (κ2) is 7.30. The third kappa shape index (κ3) is 3.48. The first kappa shape index (κ1) is 17.7. The number of methoxy groups -OCH3 is 1. The van der Waals surface area contributed by atoms with E-state index in [1.54, 1.807) is 25.1 Å². The van der Waals surface area contributed by atoms with Crippen LogP contribution in [0.25, 0.3) is 0 Å². The second-order valence-electron chi connectivity index (χ2n) is 5.86. The van der Waals surface area contributed by atoms with E-state index in [9.17, 15) is 9.59 Å². The lowest BCUT2D eigenvalue weighted by molar-refractivity contribution is 0.101. The maximum Gasteiger partial charge on any atom is 0.161 e. The average Bonchev–Trinajstić information content (AvgIpc) is 2.53. The molecule has 0 atom stereocenters. The van der Waals surface area contributed by atoms with Gasteiger partial charge in [0.05, 0.1) is 7.11 Å². The second-order valence-corrected chi connectivity index (χ2v) is 5.86. The van der Waals surface area contributed by atoms with E-state index in [0.717, 1.165) is 34.1 Å². The highest BCUT2D eigenvalue weighted by molar-refractivity contribution is 5.97. The van der Waals surface area contributed by atoms with Crippen LogP contribution < -0.4 is 9.47 Å². The first-order chi connectivity index (χ1) is 11.4. The van der Waals surface area contributed by atoms with Crippen molar-refractivity contribution in [1.29, 1.82) is 0 Å². The number of aldehydes is 1. The zero-order chi connectivity index (χ0) is 17.9. The Morgan fingerprint density at radius 2 is 1.79 bits per heavy atom. The molecular weight excluding hydrogens is 304 g/mol. The van der Waals surface area contributed by atoms with E-state index >= 15 is 0 Å². The zero-order valence-corrected chi connectivity index (χ0v) is 14.7. The van der Waals surface area contributed by atoms with Crippen molar-refractivity contribution in [2.24, 2.45) is 0 Å². The van der Waals surface area contributed by atoms with Crippen LogP contribution in [-0.4, -0.2) is 19.2 Å². The molecule has 2 aromatic rings. The number of Topliss-reactive ketones (excluding diaryl/α,β-unsaturated/α-hetero) is 1. The third-order valence-electron chi connectivity index (χ3n) is 4.18. The predicted octanol–water partition coefficient (Wildman–Crippen LogP) is 4.21. The smallest absolute Gasteiger partial charge is 0.161 e. The molecule has 0 bridgehead atoms. The molecule has 4 nitrogen and oxygen atoms in total. The Morgan fingerprint density at radius 3 is 2.38 bits per heavy atom. The molecule has 0 aliphatic heterocycles. The molecule has 0 fully saturated rings. The first-order valence-corrected chi connectivity index (χ1v) is 7.75. The van der Waals surface area contributed by atoms with Gasteiger partial charge in [-0.15, -0.1) is 0 Å². The Kier molecular flexibility index (Phi) is 5.39. The highest BCUT2D eigenvalue weighted by Crippen LogP contribution is 2.30. The standard InChI is InChI=1S/C20H22O4/c1-12-8-13(2)20(15(4)22)14(3)17(12)11-24-18-7-6-16(10-21)9-19(18)23-5/h6-10H,11H2,1-5H3. The summed E-state index contributed by atoms with van der Waals surface area (Å²) in [5, 5.41) is 0. The van der Waals surface area contributed by atoms with Crippen molar-refractivity contribution in [2.45, 2.75) is 34.3 Å². The summed E-state index contributed by atoms with van der Waals surface area (Å²) >= 11 is 0. The fourth-order valence-corrected chi connectivity index (χ4v) is 3.02. The van der Waals surface area contributed by atoms with Crippen molar-refractivity contribution < 1.29 is 19.1 Å². The Balaban J connectivity index is 2.35. The van der Waals surface area contributed by atoms with Gasteiger partial charge >= 0.3 is 0 Å². The van der Waals surface area contributed by atoms with Crippen molar-refractivity contribution in [3.63, 3.8) is 0 Å². The summed E-state index contributed by atoms with van der Waals surface area (Å²) in [5.41, 5.74) is 5.28. The lowest BCUT2D eigenvalue weighted by Crippen LogP contribution is -2.08. The number of aryl methyl sites for hydroxylation is 2. The number of benzene rings is 2. The molecule has 2 aromatic carbocycles. The van der Waals surface area contributed by atoms with Crippen LogP contribution in [0.15, 0.2) is 24.3 Å². The minimum absolute atomic E-state index is 0.0548. The summed E-state index contributed by atoms with van der Waals surface area (Å²) in [6.07, 6.45) is 0.764. The highest BCUT2D eigenvalue weighted by atomic mass is 16.5. The van der Waals surface area contributed by atoms with Crippen LogP contribution in [0, 0.1) is 20.8 Å². The predicted molar refractivity (Wildman–Crippen MR) is 93.4 cm³/mol. The van der Waals surface area contributed by atoms with Gasteiger partial charge in [-0.1, -0.05) is 6.07 Å². The first-order valence-electron chi connectivity index (χ1n) is 7.75. The fraction of sp³-hybridized carbons (Fsp3) is 0.300. The highest BCUT2D eigenvalue weighted by Gasteiger charge is 2.15. The minimum Gasteiger partial charge on any atom is -0.493 e. The number of ketones is 1. The van der Waals surface area contributed by atoms with E-state index < -0.39 is 0 Å². The molecule has 0 amide bonds. The lowest BCUT2D eigenvalue weighted by Gasteiger charge is -2.17. The molecule has 2 rings (SSSR count). The van der Waals surface area contributed by atoms with Crippen LogP contribution in [0.3, 0.4) is 0 Å². The molecule has 0 aliphatic rings. The average molecular weight is 326 g/mol. The van der Waals surface area contributed by atoms with Crippen molar-refractivity contribution in [1.82, 2.24) is 0 Å². The Bertz CT molecular complexity index is 791. The normalized spacial score (nSPS) is 10.4. The van der Waals surface area contributed by atoms with E-state index in [2.05, 4.69) is 0 Å². The summed E-state index contributed by atoms with van der Waals surface area (Å²) in [6, 6.07) is 7.04. The molecule has 24 heavy (non-hydrogen) atoms. The van der Waals surface area contributed by atoms with Crippen LogP contribution in [0.2, 0.25) is 0 Å². The number of carbonyl (C=O) groups excluding carboxylic acids is 2. The van der Waals surface area contributed by atoms with Crippen LogP contribution in [0.1, 0.15) is 49.9 Å². The van der Waals surface area contributed by atoms with Crippen LogP contribution in [0.5, 0.6) is 11.5 Å². The van der Waals surface area contributed by atoms with Gasteiger partial charge in [0.1, 0.15) is 12.9 Å². The lowest BCUT2D eigenvalue weighted by atomic mass is 9.92. The SMILES string of the molecule is COc1cc(C=O)ccc1OCc1c(C)cc(C)c(C(C)=O)c1C. The molecule has 0 aromatic heterocycles. The molecule has 0 saturated heterocycles. The molecule has 0 spiro atoms. The van der Waals surface area contributed by atoms with Gasteiger partial charge in [-0.3, -0.25) is 9.59 Å². The quantitative estimate of drug-likeness (QED) is 0.589. The van der Waals surface area contributed by atoms with E-state index in [-0.39, 0.29) is 5.78 Å². The molecule has 0 N–H and O–H groups in total. The van der Waals surface area contributed by atoms with E-state index in [1.165, 1.54) is 7.11 Å². The number of hydrogen-bond donors (Lipinski definition) is 0. The Morgan fingerprint density at radius 1 is 1.08 bits per heavy atom. The van der Waals surface area contributed by atoms with Gasteiger partial charge < -0.3 is 9.47 Å². The van der Waals surface area contributed by atoms with Gasteiger partial charge in [0.15, 0.2) is 17.3 Å². The monoisotopic (exact) mass is 326 g/mol. The van der Waals surface area contributed by atoms with E-state index in [1.807, 2.05) is 26.8 Å². The molecule has 0 saturated carbocycles. The van der Waals surface area contributed by atoms with Crippen molar-refractivity contribution in [2.75, 3.05) is 7.11 Å². The fourth-order valence-electron chi connectivity index (χ4n) is 3.02. The van der Waals surface area contributed by atoms with Gasteiger partial charge in [-0.25, -0.2) is 0 Å². The van der Waals surface area contributed by atoms with Gasteiger partial charge in [0, 0.05) is 11.1 Å². The number of carbonyl (C=O) groups is 2. The summed E-state index contributed by atoms with van der Waals surface area (Å²) in [4.78, 5) is 22.8. The number of ether oxygens (including phenoxy) is 2. The van der Waals surface area contributed by atoms with Crippen LogP contribution in [-0.2, 0) is 6.61 Å². The van der Waals surface area contributed by atoms with E-state index in [4.69, 9.17) is 9.47 Å². The largest absolute Gasteiger partial charge is 0.493 e. The molecular formula is C20H22O4. The van der Waals surface area contributed by atoms with Crippen molar-refractivity contribution in [3.8, 4) is 11.5 Å². The van der Waals surface area contributed by atoms with E-state index in [0.29, 0.717) is 23.7 Å². The molecule has 0 heterocycles. The Labute approximate surface area is 142 Å². The van der Waals surface area contributed by atoms with Crippen molar-refractivity contribution >= 4 is 12.1 Å². The number of rotatable bonds is 6. The van der Waals surface area contributed by atoms with Crippen molar-refractivity contribution in [3.05, 3.63) is 57.6 Å². The summed E-state index contributed by atoms with van der Waals surface area (Å²) < 4.78 is 11.2. The van der Waals surface area contributed by atoms with Crippen LogP contribution in [0.4, 0.5) is 0 Å². The minimum atomic E-state index is 0.0548. The maximum atomic E-state index is 11.9. The third-order valence-corrected chi connectivity index (χ3v) is 4.18. The van der Waals surface area contributed by atoms with Gasteiger partial charge in [-0.2, -0.15) is 0 Å². The topological polar surface area (TPSA) is 52.6 Å². The molecule has 4 heteroatoms. The number of hydrogen-bond acceptors (Lipinski definition) is 4. The van der Waals surface area contributed by atoms with Crippen LogP contribution >= 0.6 is 0 Å². The molecule has 0 aliphatic carbocycles. The Hall–Kier alpha value is -2.62. The summed E-state index contributed by atoms with van der Waals surface area (Å²) in [7, 11) is 1.53. The molecule has 0 radical (unpaired) electrons. The summed E-state index contributed by atoms with van der Waals surface area (Å²) in [6.45, 7) is 7.81. The molecule has 0 unspecified atom stereocenters. The van der Waals surface area contributed by atoms with Gasteiger partial charge in [0.2, 0.25) is 0 Å².